The minimum atomic E-state index is -0.590. The van der Waals surface area contributed by atoms with Crippen molar-refractivity contribution in [3.05, 3.63) is 117 Å². The number of carbonyl (C=O) groups is 3. The largest absolute Gasteiger partial charge is 0.457 e. The minimum absolute atomic E-state index is 0.0189. The molecule has 5 rings (SSSR count). The highest BCUT2D eigenvalue weighted by atomic mass is 35.5. The highest BCUT2D eigenvalue weighted by Gasteiger charge is 2.26. The average Bonchev–Trinajstić information content (AvgIpc) is 3.40. The highest BCUT2D eigenvalue weighted by molar-refractivity contribution is 8.17. The number of allylic oxidation sites excluding steroid dienone is 5. The van der Waals surface area contributed by atoms with Crippen molar-refractivity contribution in [1.29, 1.82) is 0 Å². The number of hydrogen-bond acceptors (Lipinski definition) is 7. The molecule has 12 heteroatoms. The van der Waals surface area contributed by atoms with Crippen LogP contribution in [-0.2, 0) is 4.79 Å². The van der Waals surface area contributed by atoms with E-state index in [2.05, 4.69) is 26.5 Å². The second kappa shape index (κ2) is 12.1. The molecule has 0 spiro atoms. The summed E-state index contributed by atoms with van der Waals surface area (Å²) in [5, 5.41) is 12.9. The lowest BCUT2D eigenvalue weighted by molar-refractivity contribution is -0.111. The number of amides is 3. The van der Waals surface area contributed by atoms with E-state index in [1.54, 1.807) is 48.5 Å². The first-order valence-corrected chi connectivity index (χ1v) is 13.3. The number of urea groups is 1. The Kier molecular flexibility index (Phi) is 8.20. The Labute approximate surface area is 243 Å². The van der Waals surface area contributed by atoms with Crippen LogP contribution in [0.5, 0.6) is 11.5 Å². The fraction of sp³-hybridized carbons (Fsp3) is 0. The quantitative estimate of drug-likeness (QED) is 0.251. The molecular weight excluding hydrogens is 573 g/mol. The third-order valence-electron chi connectivity index (χ3n) is 5.40. The zero-order valence-electron chi connectivity index (χ0n) is 20.4. The van der Waals surface area contributed by atoms with Gasteiger partial charge in [0.25, 0.3) is 5.91 Å². The van der Waals surface area contributed by atoms with Crippen LogP contribution in [0.4, 0.5) is 16.2 Å². The van der Waals surface area contributed by atoms with Gasteiger partial charge < -0.3 is 15.4 Å². The summed E-state index contributed by atoms with van der Waals surface area (Å²) in [7, 11) is 0. The van der Waals surface area contributed by atoms with E-state index < -0.39 is 11.8 Å². The van der Waals surface area contributed by atoms with Gasteiger partial charge in [0.1, 0.15) is 16.5 Å². The Morgan fingerprint density at radius 2 is 1.57 bits per heavy atom. The number of ketones is 1. The van der Waals surface area contributed by atoms with Crippen LogP contribution < -0.4 is 26.1 Å². The zero-order valence-corrected chi connectivity index (χ0v) is 22.7. The number of thioether (sulfide) groups is 1. The summed E-state index contributed by atoms with van der Waals surface area (Å²) < 4.78 is 5.77. The van der Waals surface area contributed by atoms with Gasteiger partial charge in [-0.15, -0.1) is 5.10 Å². The maximum absolute atomic E-state index is 12.8. The molecule has 0 unspecified atom stereocenters. The van der Waals surface area contributed by atoms with Gasteiger partial charge in [-0.05, 0) is 78.5 Å². The van der Waals surface area contributed by atoms with Crippen LogP contribution >= 0.6 is 35.0 Å². The Hall–Kier alpha value is -4.51. The normalized spacial score (nSPS) is 16.2. The van der Waals surface area contributed by atoms with Gasteiger partial charge in [-0.2, -0.15) is 0 Å². The number of para-hydroxylation sites is 1. The number of Topliss-reactive ketones (excluding diaryl/α,β-unsaturated/α-hetero) is 1. The number of amidine groups is 1. The summed E-state index contributed by atoms with van der Waals surface area (Å²) in [6.45, 7) is 0. The molecule has 0 saturated heterocycles. The number of rotatable bonds is 5. The molecule has 0 saturated carbocycles. The van der Waals surface area contributed by atoms with E-state index >= 15 is 0 Å². The first kappa shape index (κ1) is 27.1. The molecule has 3 aromatic carbocycles. The van der Waals surface area contributed by atoms with Gasteiger partial charge in [0.05, 0.1) is 10.6 Å². The van der Waals surface area contributed by atoms with Gasteiger partial charge in [-0.1, -0.05) is 47.5 Å². The number of carbonyl (C=O) groups excluding carboxylic acids is 3. The number of hydrogen-bond donors (Lipinski definition) is 4. The maximum Gasteiger partial charge on any atom is 0.325 e. The fourth-order valence-corrected chi connectivity index (χ4v) is 4.85. The molecule has 0 radical (unpaired) electrons. The number of nitrogens with one attached hydrogen (secondary N) is 4. The summed E-state index contributed by atoms with van der Waals surface area (Å²) in [6.07, 6.45) is 2.82. The molecule has 40 heavy (non-hydrogen) atoms. The lowest BCUT2D eigenvalue weighted by atomic mass is 10.1. The van der Waals surface area contributed by atoms with Crippen LogP contribution in [0.3, 0.4) is 0 Å². The average molecular weight is 592 g/mol. The monoisotopic (exact) mass is 591 g/mol. The molecule has 4 N–H and O–H groups in total. The number of halogens is 2. The van der Waals surface area contributed by atoms with Crippen LogP contribution in [0.2, 0.25) is 0 Å². The number of nitrogens with zero attached hydrogens (tertiary/aromatic N) is 1. The lowest BCUT2D eigenvalue weighted by Crippen LogP contribution is -2.32. The van der Waals surface area contributed by atoms with Gasteiger partial charge in [-0.25, -0.2) is 4.79 Å². The van der Waals surface area contributed by atoms with Crippen molar-refractivity contribution in [1.82, 2.24) is 10.7 Å². The molecule has 0 aromatic heterocycles. The molecule has 3 aromatic rings. The van der Waals surface area contributed by atoms with Crippen molar-refractivity contribution in [2.45, 2.75) is 0 Å². The second-order valence-corrected chi connectivity index (χ2v) is 10.1. The van der Waals surface area contributed by atoms with Crippen molar-refractivity contribution in [2.24, 2.45) is 5.10 Å². The molecular formula is C28H19Cl2N5O4S. The number of hydrazone groups is 1. The fourth-order valence-electron chi connectivity index (χ4n) is 3.57. The van der Waals surface area contributed by atoms with Gasteiger partial charge in [0, 0.05) is 22.0 Å². The van der Waals surface area contributed by atoms with E-state index in [0.29, 0.717) is 38.5 Å². The molecule has 9 nitrogen and oxygen atoms in total. The van der Waals surface area contributed by atoms with Crippen LogP contribution in [0, 0.1) is 0 Å². The van der Waals surface area contributed by atoms with E-state index in [1.165, 1.54) is 12.2 Å². The Morgan fingerprint density at radius 3 is 2.35 bits per heavy atom. The third kappa shape index (κ3) is 6.73. The van der Waals surface area contributed by atoms with Crippen LogP contribution in [-0.4, -0.2) is 22.9 Å². The zero-order chi connectivity index (χ0) is 28.1. The number of benzene rings is 3. The molecule has 1 aliphatic carbocycles. The summed E-state index contributed by atoms with van der Waals surface area (Å²) >= 11 is 13.0. The summed E-state index contributed by atoms with van der Waals surface area (Å²) in [4.78, 5) is 37.7. The van der Waals surface area contributed by atoms with Crippen molar-refractivity contribution in [3.63, 3.8) is 0 Å². The molecule has 3 amide bonds. The smallest absolute Gasteiger partial charge is 0.325 e. The van der Waals surface area contributed by atoms with E-state index in [4.69, 9.17) is 27.9 Å². The molecule has 1 aliphatic heterocycles. The maximum atomic E-state index is 12.8. The van der Waals surface area contributed by atoms with Gasteiger partial charge in [0.2, 0.25) is 5.78 Å². The first-order chi connectivity index (χ1) is 19.3. The highest BCUT2D eigenvalue weighted by Crippen LogP contribution is 2.31. The van der Waals surface area contributed by atoms with Crippen molar-refractivity contribution >= 4 is 69.2 Å². The van der Waals surface area contributed by atoms with E-state index in [1.807, 2.05) is 30.3 Å². The Bertz CT molecular complexity index is 1620. The van der Waals surface area contributed by atoms with Crippen molar-refractivity contribution < 1.29 is 19.1 Å². The number of ether oxygens (including phenoxy) is 1. The predicted molar refractivity (Wildman–Crippen MR) is 158 cm³/mol. The Balaban J connectivity index is 1.16. The molecule has 0 atom stereocenters. The molecule has 0 fully saturated rings. The second-order valence-electron chi connectivity index (χ2n) is 8.28. The summed E-state index contributed by atoms with van der Waals surface area (Å²) in [6, 6.07) is 22.2. The molecule has 1 heterocycles. The first-order valence-electron chi connectivity index (χ1n) is 11.7. The topological polar surface area (TPSA) is 121 Å². The predicted octanol–water partition coefficient (Wildman–Crippen LogP) is 6.50. The van der Waals surface area contributed by atoms with Crippen molar-refractivity contribution in [2.75, 3.05) is 10.6 Å². The summed E-state index contributed by atoms with van der Waals surface area (Å²) in [5.74, 6) is 0.585. The third-order valence-corrected chi connectivity index (χ3v) is 6.81. The minimum Gasteiger partial charge on any atom is -0.457 e. The Morgan fingerprint density at radius 1 is 0.825 bits per heavy atom. The van der Waals surface area contributed by atoms with Crippen LogP contribution in [0.25, 0.3) is 0 Å². The molecule has 2 aliphatic rings. The lowest BCUT2D eigenvalue weighted by Gasteiger charge is -2.10. The SMILES string of the molecule is O=C(NC1=NN/C(=C2\C=C(Cl)C=C(Cl)C2=O)S1)Nc1cccc(C(=O)Nc2ccc(Oc3ccccc3)cc2)c1. The van der Waals surface area contributed by atoms with Gasteiger partial charge in [0.15, 0.2) is 5.17 Å². The van der Waals surface area contributed by atoms with E-state index in [-0.39, 0.29) is 21.7 Å². The van der Waals surface area contributed by atoms with E-state index in [0.717, 1.165) is 11.8 Å². The van der Waals surface area contributed by atoms with E-state index in [9.17, 15) is 14.4 Å². The number of anilines is 2. The molecule has 0 bridgehead atoms. The summed E-state index contributed by atoms with van der Waals surface area (Å²) in [5.41, 5.74) is 4.25. The van der Waals surface area contributed by atoms with Crippen LogP contribution in [0.1, 0.15) is 10.4 Å². The van der Waals surface area contributed by atoms with Crippen molar-refractivity contribution in [3.8, 4) is 11.5 Å². The standard InChI is InChI=1S/C28H19Cl2N5O4S/c29-17-14-22(24(36)23(30)15-17)26-34-35-28(40-26)33-27(38)32-19-6-4-5-16(13-19)25(37)31-18-9-11-21(12-10-18)39-20-7-2-1-3-8-20/h1-15,34H,(H,31,37)(H2,32,33,35,38)/b26-22-. The van der Waals surface area contributed by atoms with Gasteiger partial charge >= 0.3 is 6.03 Å². The van der Waals surface area contributed by atoms with Crippen LogP contribution in [0.15, 0.2) is 117 Å². The van der Waals surface area contributed by atoms with Gasteiger partial charge in [-0.3, -0.25) is 20.3 Å². The molecule has 200 valence electrons.